The molecule has 1 aromatic rings. The number of esters is 1. The number of hydrogen-bond acceptors (Lipinski definition) is 4. The molecule has 0 bridgehead atoms. The van der Waals surface area contributed by atoms with E-state index in [1.54, 1.807) is 12.1 Å². The third kappa shape index (κ3) is 3.42. The molecular weight excluding hydrogens is 326 g/mol. The fourth-order valence-corrected chi connectivity index (χ4v) is 2.50. The topological polar surface area (TPSA) is 59.8 Å². The molecule has 1 atom stereocenters. The van der Waals surface area contributed by atoms with Gasteiger partial charge in [-0.15, -0.1) is 0 Å². The predicted octanol–water partition coefficient (Wildman–Crippen LogP) is 2.99. The molecule has 0 spiro atoms. The summed E-state index contributed by atoms with van der Waals surface area (Å²) in [5.74, 6) is -0.398. The van der Waals surface area contributed by atoms with Gasteiger partial charge in [-0.1, -0.05) is 0 Å². The summed E-state index contributed by atoms with van der Waals surface area (Å²) in [4.78, 5) is 26.0. The molecule has 1 saturated heterocycles. The molecule has 0 N–H and O–H groups in total. The van der Waals surface area contributed by atoms with Crippen molar-refractivity contribution >= 4 is 27.8 Å². The summed E-state index contributed by atoms with van der Waals surface area (Å²) in [6.45, 7) is 5.99. The highest BCUT2D eigenvalue weighted by Crippen LogP contribution is 2.24. The Bertz CT molecular complexity index is 517. The Morgan fingerprint density at radius 3 is 2.65 bits per heavy atom. The molecule has 1 aliphatic rings. The predicted molar refractivity (Wildman–Crippen MR) is 76.3 cm³/mol. The highest BCUT2D eigenvalue weighted by Gasteiger charge is 2.38. The largest absolute Gasteiger partial charge is 0.458 e. The summed E-state index contributed by atoms with van der Waals surface area (Å²) >= 11 is 3.16. The van der Waals surface area contributed by atoms with Crippen LogP contribution in [0.1, 0.15) is 44.2 Å². The van der Waals surface area contributed by atoms with Gasteiger partial charge in [-0.05, 0) is 61.7 Å². The van der Waals surface area contributed by atoms with Crippen molar-refractivity contribution in [1.29, 1.82) is 0 Å². The Morgan fingerprint density at radius 1 is 1.40 bits per heavy atom. The first-order chi connectivity index (χ1) is 9.28. The number of carbonyl (C=O) groups is 2. The molecule has 20 heavy (non-hydrogen) atoms. The number of furan rings is 1. The summed E-state index contributed by atoms with van der Waals surface area (Å²) in [5.41, 5.74) is -0.553. The first-order valence-corrected chi connectivity index (χ1v) is 7.36. The van der Waals surface area contributed by atoms with Crippen LogP contribution in [0.3, 0.4) is 0 Å². The van der Waals surface area contributed by atoms with E-state index in [-0.39, 0.29) is 17.6 Å². The van der Waals surface area contributed by atoms with Crippen molar-refractivity contribution in [3.8, 4) is 0 Å². The average molecular weight is 344 g/mol. The van der Waals surface area contributed by atoms with E-state index >= 15 is 0 Å². The van der Waals surface area contributed by atoms with Gasteiger partial charge >= 0.3 is 5.97 Å². The molecule has 110 valence electrons. The Balaban J connectivity index is 2.11. The Hall–Kier alpha value is -1.30. The first kappa shape index (κ1) is 15.1. The van der Waals surface area contributed by atoms with E-state index in [1.807, 2.05) is 20.8 Å². The maximum Gasteiger partial charge on any atom is 0.329 e. The molecular formula is C14H18BrNO4. The fourth-order valence-electron chi connectivity index (χ4n) is 2.20. The van der Waals surface area contributed by atoms with Crippen molar-refractivity contribution in [1.82, 2.24) is 4.90 Å². The number of rotatable bonds is 2. The van der Waals surface area contributed by atoms with Crippen molar-refractivity contribution in [3.63, 3.8) is 0 Å². The van der Waals surface area contributed by atoms with Crippen molar-refractivity contribution in [2.24, 2.45) is 0 Å². The van der Waals surface area contributed by atoms with Gasteiger partial charge in [0.2, 0.25) is 0 Å². The van der Waals surface area contributed by atoms with Gasteiger partial charge in [-0.25, -0.2) is 4.79 Å². The monoisotopic (exact) mass is 343 g/mol. The van der Waals surface area contributed by atoms with Crippen LogP contribution in [0, 0.1) is 0 Å². The third-order valence-electron chi connectivity index (χ3n) is 2.98. The molecule has 1 aliphatic heterocycles. The first-order valence-electron chi connectivity index (χ1n) is 6.57. The van der Waals surface area contributed by atoms with Crippen LogP contribution in [0.2, 0.25) is 0 Å². The van der Waals surface area contributed by atoms with E-state index in [2.05, 4.69) is 15.9 Å². The smallest absolute Gasteiger partial charge is 0.329 e. The molecule has 2 heterocycles. The van der Waals surface area contributed by atoms with Crippen molar-refractivity contribution in [2.45, 2.75) is 45.3 Å². The van der Waals surface area contributed by atoms with Crippen LogP contribution >= 0.6 is 15.9 Å². The lowest BCUT2D eigenvalue weighted by Gasteiger charge is -2.26. The van der Waals surface area contributed by atoms with Crippen LogP contribution in [-0.4, -0.2) is 35.0 Å². The zero-order valence-electron chi connectivity index (χ0n) is 11.8. The zero-order chi connectivity index (χ0) is 14.9. The number of halogens is 1. The maximum absolute atomic E-state index is 12.3. The van der Waals surface area contributed by atoms with Gasteiger partial charge in [0.25, 0.3) is 5.91 Å². The molecule has 1 fully saturated rings. The van der Waals surface area contributed by atoms with Gasteiger partial charge in [0.1, 0.15) is 11.6 Å². The summed E-state index contributed by atoms with van der Waals surface area (Å²) in [7, 11) is 0. The maximum atomic E-state index is 12.3. The number of amides is 1. The minimum Gasteiger partial charge on any atom is -0.458 e. The zero-order valence-corrected chi connectivity index (χ0v) is 13.4. The SMILES string of the molecule is CC(C)(C)OC(=O)[C@@H]1CCCN1C(=O)c1ccc(Br)o1. The lowest BCUT2D eigenvalue weighted by molar-refractivity contribution is -0.159. The average Bonchev–Trinajstić information content (AvgIpc) is 2.93. The number of carbonyl (C=O) groups excluding carboxylic acids is 2. The summed E-state index contributed by atoms with van der Waals surface area (Å²) in [5, 5.41) is 0. The van der Waals surface area contributed by atoms with Crippen molar-refractivity contribution in [3.05, 3.63) is 22.6 Å². The molecule has 5 nitrogen and oxygen atoms in total. The van der Waals surface area contributed by atoms with Gasteiger partial charge < -0.3 is 14.1 Å². The van der Waals surface area contributed by atoms with E-state index in [1.165, 1.54) is 4.90 Å². The Labute approximate surface area is 126 Å². The van der Waals surface area contributed by atoms with E-state index in [9.17, 15) is 9.59 Å². The fraction of sp³-hybridized carbons (Fsp3) is 0.571. The second-order valence-corrected chi connectivity index (χ2v) is 6.58. The van der Waals surface area contributed by atoms with Crippen molar-refractivity contribution < 1.29 is 18.7 Å². The van der Waals surface area contributed by atoms with Gasteiger partial charge in [0, 0.05) is 6.54 Å². The Morgan fingerprint density at radius 2 is 2.10 bits per heavy atom. The summed E-state index contributed by atoms with van der Waals surface area (Å²) in [6, 6.07) is 2.73. The Kier molecular flexibility index (Phi) is 4.22. The lowest BCUT2D eigenvalue weighted by atomic mass is 10.1. The highest BCUT2D eigenvalue weighted by atomic mass is 79.9. The molecule has 1 amide bonds. The molecule has 0 aliphatic carbocycles. The van der Waals surface area contributed by atoms with Crippen LogP contribution in [0.15, 0.2) is 21.2 Å². The van der Waals surface area contributed by atoms with Crippen LogP contribution in [0.4, 0.5) is 0 Å². The van der Waals surface area contributed by atoms with Crippen LogP contribution in [0.25, 0.3) is 0 Å². The number of nitrogens with zero attached hydrogens (tertiary/aromatic N) is 1. The second kappa shape index (κ2) is 5.60. The molecule has 0 radical (unpaired) electrons. The molecule has 2 rings (SSSR count). The van der Waals surface area contributed by atoms with Gasteiger partial charge in [-0.2, -0.15) is 0 Å². The highest BCUT2D eigenvalue weighted by molar-refractivity contribution is 9.10. The number of ether oxygens (including phenoxy) is 1. The van der Waals surface area contributed by atoms with Gasteiger partial charge in [-0.3, -0.25) is 4.79 Å². The van der Waals surface area contributed by atoms with E-state index in [0.29, 0.717) is 17.6 Å². The second-order valence-electron chi connectivity index (χ2n) is 5.79. The molecule has 6 heteroatoms. The standard InChI is InChI=1S/C14H18BrNO4/c1-14(2,3)20-13(18)9-5-4-8-16(9)12(17)10-6-7-11(15)19-10/h6-7,9H,4-5,8H2,1-3H3/t9-/m0/s1. The van der Waals surface area contributed by atoms with Crippen LogP contribution < -0.4 is 0 Å². The lowest BCUT2D eigenvalue weighted by Crippen LogP contribution is -2.43. The normalized spacial score (nSPS) is 19.2. The minimum absolute atomic E-state index is 0.229. The molecule has 0 saturated carbocycles. The molecule has 1 aromatic heterocycles. The third-order valence-corrected chi connectivity index (χ3v) is 3.40. The van der Waals surface area contributed by atoms with Crippen LogP contribution in [-0.2, 0) is 9.53 Å². The van der Waals surface area contributed by atoms with Gasteiger partial charge in [0.05, 0.1) is 0 Å². The van der Waals surface area contributed by atoms with Gasteiger partial charge in [0.15, 0.2) is 10.4 Å². The number of likely N-dealkylation sites (tertiary alicyclic amines) is 1. The molecule has 0 unspecified atom stereocenters. The minimum atomic E-state index is -0.553. The van der Waals surface area contributed by atoms with E-state index < -0.39 is 11.6 Å². The van der Waals surface area contributed by atoms with Crippen LogP contribution in [0.5, 0.6) is 0 Å². The van der Waals surface area contributed by atoms with Crippen molar-refractivity contribution in [2.75, 3.05) is 6.54 Å². The summed E-state index contributed by atoms with van der Waals surface area (Å²) in [6.07, 6.45) is 1.42. The van der Waals surface area contributed by atoms with E-state index in [4.69, 9.17) is 9.15 Å². The summed E-state index contributed by atoms with van der Waals surface area (Å²) < 4.78 is 11.1. The molecule has 0 aromatic carbocycles. The number of hydrogen-bond donors (Lipinski definition) is 0. The quantitative estimate of drug-likeness (QED) is 0.774. The van der Waals surface area contributed by atoms with E-state index in [0.717, 1.165) is 6.42 Å².